The van der Waals surface area contributed by atoms with E-state index in [2.05, 4.69) is 226 Å². The minimum atomic E-state index is 1.12. The van der Waals surface area contributed by atoms with Crippen LogP contribution in [0.5, 0.6) is 0 Å². The van der Waals surface area contributed by atoms with Crippen LogP contribution in [0.15, 0.2) is 212 Å². The predicted molar refractivity (Wildman–Crippen MR) is 240 cm³/mol. The zero-order chi connectivity index (χ0) is 37.5. The Morgan fingerprint density at radius 1 is 0.263 bits per heavy atom. The summed E-state index contributed by atoms with van der Waals surface area (Å²) in [5.41, 5.74) is 15.4. The Morgan fingerprint density at radius 3 is 1.40 bits per heavy atom. The number of benzene rings is 9. The smallest absolute Gasteiger partial charge is 0.0641 e. The van der Waals surface area contributed by atoms with Gasteiger partial charge in [-0.15, -0.1) is 0 Å². The third-order valence-electron chi connectivity index (χ3n) is 11.8. The fourth-order valence-electron chi connectivity index (χ4n) is 9.48. The van der Waals surface area contributed by atoms with E-state index in [-0.39, 0.29) is 0 Å². The molecule has 0 aliphatic carbocycles. The molecule has 0 saturated carbocycles. The SMILES string of the molecule is c1ccc(-c2cccc(-c3cccc(-n4c5ccccc5c5c4ccc4c6ccccc6n(-c6ccccc6)c45)c3)c2-n2c3ccccc3c3ccccc32)cc1. The Labute approximate surface area is 329 Å². The second-order valence-corrected chi connectivity index (χ2v) is 14.9. The van der Waals surface area contributed by atoms with Crippen LogP contribution in [0.3, 0.4) is 0 Å². The Bertz CT molecular complexity index is 3460. The van der Waals surface area contributed by atoms with Gasteiger partial charge < -0.3 is 13.7 Å². The van der Waals surface area contributed by atoms with Gasteiger partial charge in [-0.25, -0.2) is 0 Å². The second kappa shape index (κ2) is 12.5. The molecule has 0 saturated heterocycles. The molecule has 0 radical (unpaired) electrons. The minimum absolute atomic E-state index is 1.12. The molecule has 266 valence electrons. The van der Waals surface area contributed by atoms with Gasteiger partial charge in [0.1, 0.15) is 0 Å². The maximum absolute atomic E-state index is 2.48. The highest BCUT2D eigenvalue weighted by molar-refractivity contribution is 6.26. The molecule has 12 aromatic rings. The molecule has 57 heavy (non-hydrogen) atoms. The largest absolute Gasteiger partial charge is 0.309 e. The Morgan fingerprint density at radius 2 is 0.737 bits per heavy atom. The molecule has 0 N–H and O–H groups in total. The van der Waals surface area contributed by atoms with Crippen LogP contribution in [0, 0.1) is 0 Å². The first-order chi connectivity index (χ1) is 28.3. The zero-order valence-corrected chi connectivity index (χ0v) is 31.0. The van der Waals surface area contributed by atoms with Gasteiger partial charge in [-0.3, -0.25) is 0 Å². The number of fused-ring (bicyclic) bond motifs is 10. The predicted octanol–water partition coefficient (Wildman–Crippen LogP) is 14.3. The topological polar surface area (TPSA) is 14.8 Å². The van der Waals surface area contributed by atoms with E-state index >= 15 is 0 Å². The summed E-state index contributed by atoms with van der Waals surface area (Å²) in [6.07, 6.45) is 0. The number of para-hydroxylation sites is 6. The van der Waals surface area contributed by atoms with Crippen LogP contribution in [0.4, 0.5) is 0 Å². The molecule has 3 nitrogen and oxygen atoms in total. The van der Waals surface area contributed by atoms with Gasteiger partial charge in [0.05, 0.1) is 38.8 Å². The minimum Gasteiger partial charge on any atom is -0.309 e. The molecule has 0 aliphatic heterocycles. The fourth-order valence-corrected chi connectivity index (χ4v) is 9.48. The molecule has 0 bridgehead atoms. The van der Waals surface area contributed by atoms with Crippen molar-refractivity contribution in [1.82, 2.24) is 13.7 Å². The monoisotopic (exact) mass is 725 g/mol. The fraction of sp³-hybridized carbons (Fsp3) is 0. The lowest BCUT2D eigenvalue weighted by molar-refractivity contribution is 1.17. The van der Waals surface area contributed by atoms with Gasteiger partial charge >= 0.3 is 0 Å². The molecule has 12 rings (SSSR count). The van der Waals surface area contributed by atoms with E-state index in [1.165, 1.54) is 87.8 Å². The number of hydrogen-bond donors (Lipinski definition) is 0. The van der Waals surface area contributed by atoms with Crippen molar-refractivity contribution in [2.45, 2.75) is 0 Å². The number of nitrogens with zero attached hydrogens (tertiary/aromatic N) is 3. The van der Waals surface area contributed by atoms with Crippen molar-refractivity contribution in [2.24, 2.45) is 0 Å². The van der Waals surface area contributed by atoms with Gasteiger partial charge in [-0.05, 0) is 65.7 Å². The molecule has 3 heteroatoms. The molecule has 0 atom stereocenters. The maximum atomic E-state index is 2.48. The second-order valence-electron chi connectivity index (χ2n) is 14.9. The summed E-state index contributed by atoms with van der Waals surface area (Å²) in [7, 11) is 0. The molecule has 3 heterocycles. The quantitative estimate of drug-likeness (QED) is 0.168. The van der Waals surface area contributed by atoms with Gasteiger partial charge in [0, 0.05) is 54.8 Å². The van der Waals surface area contributed by atoms with E-state index in [1.807, 2.05) is 0 Å². The van der Waals surface area contributed by atoms with Crippen molar-refractivity contribution in [3.8, 4) is 39.3 Å². The summed E-state index contributed by atoms with van der Waals surface area (Å²) in [4.78, 5) is 0. The van der Waals surface area contributed by atoms with E-state index in [9.17, 15) is 0 Å². The lowest BCUT2D eigenvalue weighted by Gasteiger charge is -2.20. The summed E-state index contributed by atoms with van der Waals surface area (Å²) in [5.74, 6) is 0. The highest BCUT2D eigenvalue weighted by Gasteiger charge is 2.23. The average Bonchev–Trinajstić information content (AvgIpc) is 3.92. The van der Waals surface area contributed by atoms with E-state index in [0.717, 1.165) is 16.9 Å². The van der Waals surface area contributed by atoms with E-state index in [4.69, 9.17) is 0 Å². The summed E-state index contributed by atoms with van der Waals surface area (Å²) in [6, 6.07) is 77.4. The first-order valence-corrected chi connectivity index (χ1v) is 19.6. The van der Waals surface area contributed by atoms with Crippen LogP contribution < -0.4 is 0 Å². The third kappa shape index (κ3) is 4.66. The molecule has 0 aliphatic rings. The van der Waals surface area contributed by atoms with Crippen molar-refractivity contribution < 1.29 is 0 Å². The van der Waals surface area contributed by atoms with Crippen LogP contribution >= 0.6 is 0 Å². The van der Waals surface area contributed by atoms with Crippen LogP contribution in [0.2, 0.25) is 0 Å². The molecule has 3 aromatic heterocycles. The third-order valence-corrected chi connectivity index (χ3v) is 11.8. The van der Waals surface area contributed by atoms with Crippen LogP contribution in [-0.4, -0.2) is 13.7 Å². The first-order valence-electron chi connectivity index (χ1n) is 19.6. The van der Waals surface area contributed by atoms with E-state index < -0.39 is 0 Å². The van der Waals surface area contributed by atoms with Gasteiger partial charge in [0.25, 0.3) is 0 Å². The molecular weight excluding hydrogens is 691 g/mol. The number of aromatic nitrogens is 3. The molecule has 0 fully saturated rings. The highest BCUT2D eigenvalue weighted by Crippen LogP contribution is 2.44. The van der Waals surface area contributed by atoms with Crippen molar-refractivity contribution in [1.29, 1.82) is 0 Å². The molecule has 0 unspecified atom stereocenters. The summed E-state index contributed by atoms with van der Waals surface area (Å²) in [6.45, 7) is 0. The Balaban J connectivity index is 1.15. The average molecular weight is 726 g/mol. The van der Waals surface area contributed by atoms with Gasteiger partial charge in [-0.2, -0.15) is 0 Å². The summed E-state index contributed by atoms with van der Waals surface area (Å²) in [5, 5.41) is 7.51. The van der Waals surface area contributed by atoms with Crippen molar-refractivity contribution in [2.75, 3.05) is 0 Å². The summed E-state index contributed by atoms with van der Waals surface area (Å²) >= 11 is 0. The lowest BCUT2D eigenvalue weighted by Crippen LogP contribution is -2.01. The normalized spacial score (nSPS) is 11.9. The van der Waals surface area contributed by atoms with Crippen LogP contribution in [-0.2, 0) is 0 Å². The van der Waals surface area contributed by atoms with Crippen molar-refractivity contribution >= 4 is 65.4 Å². The van der Waals surface area contributed by atoms with Crippen LogP contribution in [0.1, 0.15) is 0 Å². The van der Waals surface area contributed by atoms with E-state index in [0.29, 0.717) is 0 Å². The first kappa shape index (κ1) is 31.7. The van der Waals surface area contributed by atoms with Gasteiger partial charge in [-0.1, -0.05) is 158 Å². The van der Waals surface area contributed by atoms with Gasteiger partial charge in [0.2, 0.25) is 0 Å². The number of rotatable bonds is 5. The molecular formula is C54H35N3. The summed E-state index contributed by atoms with van der Waals surface area (Å²) < 4.78 is 7.39. The van der Waals surface area contributed by atoms with Crippen molar-refractivity contribution in [3.05, 3.63) is 212 Å². The zero-order valence-electron chi connectivity index (χ0n) is 31.0. The highest BCUT2D eigenvalue weighted by atomic mass is 15.0. The van der Waals surface area contributed by atoms with Crippen LogP contribution in [0.25, 0.3) is 105 Å². The molecule has 9 aromatic carbocycles. The van der Waals surface area contributed by atoms with E-state index in [1.54, 1.807) is 0 Å². The maximum Gasteiger partial charge on any atom is 0.0641 e. The Kier molecular flexibility index (Phi) is 6.93. The Hall–Kier alpha value is -7.62. The standard InChI is InChI=1S/C54H35N3/c1-3-17-36(18-4-1)40-27-16-28-41(53(40)57-48-30-12-7-23-42(48)43-24-8-13-31-49(43)57)37-19-15-22-39(35-37)55-50-32-14-10-26-46(50)52-51(55)34-33-45-44-25-9-11-29-47(44)56(54(45)52)38-20-5-2-6-21-38/h1-35H. The molecule has 0 amide bonds. The number of hydrogen-bond acceptors (Lipinski definition) is 0. The van der Waals surface area contributed by atoms with Crippen molar-refractivity contribution in [3.63, 3.8) is 0 Å². The molecule has 0 spiro atoms. The lowest BCUT2D eigenvalue weighted by atomic mass is 9.95. The van der Waals surface area contributed by atoms with Gasteiger partial charge in [0.15, 0.2) is 0 Å².